The van der Waals surface area contributed by atoms with Crippen molar-refractivity contribution >= 4 is 97.3 Å². The van der Waals surface area contributed by atoms with Crippen LogP contribution in [0.2, 0.25) is 0 Å². The van der Waals surface area contributed by atoms with E-state index in [4.69, 9.17) is 44.1 Å². The molecule has 2 aromatic heterocycles. The second kappa shape index (κ2) is 33.3. The average molecular weight is 1470 g/mol. The van der Waals surface area contributed by atoms with E-state index in [1.54, 1.807) is 39.8 Å². The number of aliphatic carboxylic acids is 1. The Kier molecular flexibility index (Phi) is 24.9. The number of nitrogens with two attached hydrogens (primary N) is 1. The first-order chi connectivity index (χ1) is 49.1. The van der Waals surface area contributed by atoms with Gasteiger partial charge in [-0.2, -0.15) is 15.3 Å². The predicted molar refractivity (Wildman–Crippen MR) is 366 cm³/mol. The molecule has 34 nitrogen and oxygen atoms in total. The highest BCUT2D eigenvalue weighted by molar-refractivity contribution is 8.76. The van der Waals surface area contributed by atoms with Crippen molar-refractivity contribution in [1.82, 2.24) is 40.9 Å². The van der Waals surface area contributed by atoms with Crippen LogP contribution in [0.5, 0.6) is 11.5 Å². The minimum atomic E-state index is -1.82. The lowest BCUT2D eigenvalue weighted by Crippen LogP contribution is -2.58. The molecular formula is C67H81N11O23S2. The number of likely N-dealkylation sites (N-methyl/N-ethyl adjacent to an activating group) is 1. The summed E-state index contributed by atoms with van der Waals surface area (Å²) in [6.07, 6.45) is -7.34. The van der Waals surface area contributed by atoms with Crippen molar-refractivity contribution in [3.05, 3.63) is 110 Å². The monoisotopic (exact) mass is 1470 g/mol. The number of ether oxygens (including phenoxy) is 7. The maximum atomic E-state index is 14.1. The molecule has 3 fully saturated rings. The Labute approximate surface area is 596 Å². The summed E-state index contributed by atoms with van der Waals surface area (Å²) in [4.78, 5) is 138. The number of carbonyl (C=O) groups is 8. The summed E-state index contributed by atoms with van der Waals surface area (Å²) in [7, 11) is 7.08. The Bertz CT molecular complexity index is 4120. The summed E-state index contributed by atoms with van der Waals surface area (Å²) in [5.41, 5.74) is 6.42. The third kappa shape index (κ3) is 17.5. The zero-order valence-corrected chi connectivity index (χ0v) is 58.7. The topological polar surface area (TPSA) is 493 Å². The van der Waals surface area contributed by atoms with Crippen LogP contribution in [0.25, 0.3) is 11.2 Å². The molecule has 0 bridgehead atoms. The quantitative estimate of drug-likeness (QED) is 0.0116. The van der Waals surface area contributed by atoms with Crippen molar-refractivity contribution < 1.29 is 107 Å². The van der Waals surface area contributed by atoms with Crippen LogP contribution >= 0.6 is 21.6 Å². The van der Waals surface area contributed by atoms with Crippen LogP contribution in [0.1, 0.15) is 157 Å². The molecule has 103 heavy (non-hydrogen) atoms. The van der Waals surface area contributed by atoms with E-state index in [1.807, 2.05) is 19.0 Å². The Morgan fingerprint density at radius 1 is 0.864 bits per heavy atom. The number of carboxylic acids is 1. The van der Waals surface area contributed by atoms with Gasteiger partial charge in [-0.3, -0.25) is 43.4 Å². The number of fused-ring (bicyclic) bond motifs is 4. The molecule has 5 unspecified atom stereocenters. The molecule has 36 heteroatoms. The molecule has 0 saturated carbocycles. The van der Waals surface area contributed by atoms with Crippen molar-refractivity contribution in [2.24, 2.45) is 5.10 Å². The van der Waals surface area contributed by atoms with E-state index < -0.39 is 162 Å². The number of aliphatic hydroxyl groups excluding tert-OH is 1. The van der Waals surface area contributed by atoms with E-state index in [1.165, 1.54) is 53.4 Å². The number of aliphatic hydroxyl groups is 2. The highest BCUT2D eigenvalue weighted by atomic mass is 33.1. The van der Waals surface area contributed by atoms with Gasteiger partial charge in [0.2, 0.25) is 23.5 Å². The van der Waals surface area contributed by atoms with Gasteiger partial charge >= 0.3 is 17.9 Å². The van der Waals surface area contributed by atoms with Crippen molar-refractivity contribution in [2.75, 3.05) is 43.8 Å². The lowest BCUT2D eigenvalue weighted by atomic mass is 9.67. The van der Waals surface area contributed by atoms with Gasteiger partial charge in [-0.25, -0.2) is 25.0 Å². The van der Waals surface area contributed by atoms with Crippen molar-refractivity contribution in [3.63, 3.8) is 0 Å². The Morgan fingerprint density at radius 3 is 2.26 bits per heavy atom. The Balaban J connectivity index is 0.641. The smallest absolute Gasteiger partial charge is 0.364 e. The number of nitrogen functional groups attached to an aromatic ring is 1. The average Bonchev–Trinajstić information content (AvgIpc) is 0.711. The van der Waals surface area contributed by atoms with Gasteiger partial charge in [0, 0.05) is 84.0 Å². The van der Waals surface area contributed by atoms with Gasteiger partial charge in [-0.05, 0) is 96.1 Å². The van der Waals surface area contributed by atoms with Crippen LogP contribution in [-0.4, -0.2) is 220 Å². The van der Waals surface area contributed by atoms with Gasteiger partial charge < -0.3 is 85.3 Å². The van der Waals surface area contributed by atoms with Crippen molar-refractivity contribution in [1.29, 1.82) is 0 Å². The molecule has 0 spiro atoms. The van der Waals surface area contributed by atoms with E-state index in [-0.39, 0.29) is 113 Å². The molecule has 2 aliphatic carbocycles. The van der Waals surface area contributed by atoms with Gasteiger partial charge in [0.25, 0.3) is 11.5 Å². The molecule has 5 aliphatic rings. The molecule has 3 aromatic carbocycles. The number of H-pyrrole nitrogens is 1. The first kappa shape index (κ1) is 76.8. The van der Waals surface area contributed by atoms with Crippen LogP contribution in [0, 0.1) is 0 Å². The Hall–Kier alpha value is -8.79. The normalized spacial score (nSPS) is 26.3. The molecule has 3 saturated heterocycles. The van der Waals surface area contributed by atoms with Gasteiger partial charge in [-0.1, -0.05) is 40.6 Å². The lowest BCUT2D eigenvalue weighted by Gasteiger charge is -2.48. The van der Waals surface area contributed by atoms with Gasteiger partial charge in [0.1, 0.15) is 41.7 Å². The van der Waals surface area contributed by atoms with Crippen LogP contribution in [0.15, 0.2) is 64.6 Å². The molecule has 0 radical (unpaired) electrons. The third-order valence-corrected chi connectivity index (χ3v) is 21.0. The molecular weight excluding hydrogens is 1390 g/mol. The molecule has 13 N–H and O–H groups in total. The second-order valence-electron chi connectivity index (χ2n) is 25.7. The van der Waals surface area contributed by atoms with Crippen LogP contribution < -0.4 is 32.7 Å². The fraction of sp³-hybridized carbons (Fsp3) is 0.507. The largest absolute Gasteiger partial charge is 0.507 e. The fourth-order valence-electron chi connectivity index (χ4n) is 13.2. The number of hydrazone groups is 1. The predicted octanol–water partition coefficient (Wildman–Crippen LogP) is 3.22. The summed E-state index contributed by atoms with van der Waals surface area (Å²) in [5, 5.41) is 77.8. The van der Waals surface area contributed by atoms with E-state index in [2.05, 4.69) is 51.3 Å². The van der Waals surface area contributed by atoms with Gasteiger partial charge in [0.15, 0.2) is 35.8 Å². The minimum Gasteiger partial charge on any atom is -0.507 e. The number of anilines is 2. The number of nitrogens with zero attached hydrogens (tertiary/aromatic N) is 5. The zero-order chi connectivity index (χ0) is 74.3. The molecule has 5 heterocycles. The number of ketones is 2. The van der Waals surface area contributed by atoms with E-state index in [0.717, 1.165) is 17.9 Å². The number of esters is 1. The molecule has 15 atom stereocenters. The molecule has 10 rings (SSSR count). The number of amides is 3. The van der Waals surface area contributed by atoms with Crippen molar-refractivity contribution in [3.8, 4) is 11.5 Å². The number of aromatic nitrogens is 4. The summed E-state index contributed by atoms with van der Waals surface area (Å²) < 4.78 is 43.7. The molecule has 3 aliphatic heterocycles. The van der Waals surface area contributed by atoms with Crippen LogP contribution in [0.4, 0.5) is 11.6 Å². The molecule has 554 valence electrons. The number of aromatic amines is 1. The lowest BCUT2D eigenvalue weighted by molar-refractivity contribution is -0.324. The van der Waals surface area contributed by atoms with Gasteiger partial charge in [-0.15, -0.1) is 0 Å². The maximum absolute atomic E-state index is 14.1. The summed E-state index contributed by atoms with van der Waals surface area (Å²) in [6, 6.07) is 8.05. The number of nitrogens with one attached hydrogen (secondary N) is 5. The number of hydrogen-bond acceptors (Lipinski definition) is 31. The SMILES string of the molecule is CC[C@@]1(O)C[C@H](O[C@H]2C[C@@H](N(C)C)C(O[C@H]3C[C@@H](O)[C@@H](O[C@H]4CC/C(=N/NC(=O)CCSSCC(NC(=O)CC[C@H](NC(=O)c5ccc(NCc6cnc7nc(N)[nH]c(=O)c7n6)cc5)C(=O)O)C(=O)OO)C(C)O4)C(C)O3)C(C)O2)c2c(cc3c(c2O)C(=O)c2c(O)cccc2C3=O)[C@H]1C(=O)OC. The number of aromatic hydroxyl groups is 2. The number of hydrogen-bond donors (Lipinski definition) is 12. The van der Waals surface area contributed by atoms with Crippen LogP contribution in [0.3, 0.4) is 0 Å². The highest BCUT2D eigenvalue weighted by Gasteiger charge is 2.54. The first-order valence-electron chi connectivity index (χ1n) is 33.1. The number of phenolic OH excluding ortho intramolecular Hbond substituents is 2. The zero-order valence-electron chi connectivity index (χ0n) is 57.0. The number of carbonyl (C=O) groups excluding carboxylic acids is 7. The van der Waals surface area contributed by atoms with E-state index >= 15 is 0 Å². The van der Waals surface area contributed by atoms with Crippen LogP contribution in [-0.2, 0) is 68.6 Å². The van der Waals surface area contributed by atoms with E-state index in [0.29, 0.717) is 29.9 Å². The van der Waals surface area contributed by atoms with E-state index in [9.17, 15) is 68.7 Å². The molecule has 3 amide bonds. The standard InChI is InChI=1S/C67H81N11O23S2/c1-8-67(92)25-44(51-36(53(67)65(91)94-7)22-37-52(57(51)85)56(84)50-35(55(37)83)10-9-11-42(50)79)98-48-23-41(78(5)6)58(30(3)96-48)100-49-24-43(80)59(31(4)97-49)99-47-19-17-38(29(2)95-47)76-77-46(82)20-21-102-103-28-40(64(90)101-93)72-45(81)18-16-39(63(88)89)73-61(86)32-12-14-33(15-13-32)69-26-34-27-70-60-54(71-34)62(87)75-66(68)74-60/h9-15,22,27,29-31,39-41,43-44,47-49,53,58-59,69,79-80,85,92-93H,8,16-21,23-26,28H2,1-7H3,(H,72,81)(H,73,86)(H,77,82)(H,88,89)(H3,68,70,74,75,87)/b76-38-/t29?,30?,31?,39-,40?,41+,43+,44-,47-,48-,49-,53-,58?,59-,67+/m0/s1. The number of rotatable bonds is 27. The maximum Gasteiger partial charge on any atom is 0.364 e. The summed E-state index contributed by atoms with van der Waals surface area (Å²) >= 11 is 0. The van der Waals surface area contributed by atoms with Crippen molar-refractivity contribution in [2.45, 2.75) is 183 Å². The second-order valence-corrected chi connectivity index (χ2v) is 28.3. The summed E-state index contributed by atoms with van der Waals surface area (Å²) in [5.74, 6) is -9.42. The summed E-state index contributed by atoms with van der Waals surface area (Å²) in [6.45, 7) is 7.05. The number of methoxy groups -OCH3 is 1. The number of benzene rings is 3. The van der Waals surface area contributed by atoms with Gasteiger partial charge in [0.05, 0.1) is 78.5 Å². The number of carboxylic acid groups (broad SMARTS) is 1. The third-order valence-electron chi connectivity index (χ3n) is 18.6. The highest BCUT2D eigenvalue weighted by Crippen LogP contribution is 2.54. The number of phenols is 2. The minimum absolute atomic E-state index is 0.00171. The first-order valence-corrected chi connectivity index (χ1v) is 35.6. The fourth-order valence-corrected chi connectivity index (χ4v) is 15.3. The Morgan fingerprint density at radius 2 is 1.58 bits per heavy atom. The molecule has 5 aromatic rings.